The first-order valence-electron chi connectivity index (χ1n) is 2.86. The number of halogens is 3. The molecule has 0 aliphatic rings. The van der Waals surface area contributed by atoms with E-state index in [-0.39, 0.29) is 0 Å². The summed E-state index contributed by atoms with van der Waals surface area (Å²) >= 11 is 14.9. The van der Waals surface area contributed by atoms with E-state index >= 15 is 0 Å². The van der Waals surface area contributed by atoms with E-state index in [1.54, 1.807) is 0 Å². The zero-order valence-electron chi connectivity index (χ0n) is 5.39. The Kier molecular flexibility index (Phi) is 3.71. The minimum absolute atomic E-state index is 0.986. The average molecular weight is 377 g/mol. The first kappa shape index (κ1) is 10.3. The molecule has 11 heavy (non-hydrogen) atoms. The monoisotopic (exact) mass is 374 g/mol. The van der Waals surface area contributed by atoms with Gasteiger partial charge in [-0.25, -0.2) is 0 Å². The highest BCUT2D eigenvalue weighted by molar-refractivity contribution is 9.72. The Labute approximate surface area is 95.9 Å². The molecule has 0 aliphatic heterocycles. The molecule has 0 spiro atoms. The van der Waals surface area contributed by atoms with Crippen LogP contribution in [0.5, 0.6) is 0 Å². The van der Waals surface area contributed by atoms with Crippen LogP contribution in [0.4, 0.5) is 0 Å². The Morgan fingerprint density at radius 1 is 1.00 bits per heavy atom. The molecule has 60 valence electrons. The van der Waals surface area contributed by atoms with Gasteiger partial charge in [-0.15, -0.1) is 12.6 Å². The van der Waals surface area contributed by atoms with Crippen LogP contribution in [0.2, 0.25) is 0 Å². The molecule has 0 fully saturated rings. The van der Waals surface area contributed by atoms with Crippen molar-refractivity contribution < 1.29 is 0 Å². The first-order chi connectivity index (χ1) is 5.00. The average Bonchev–Trinajstić information content (AvgIpc) is 1.86. The third-order valence-corrected chi connectivity index (χ3v) is 6.60. The number of hydrogen-bond donors (Lipinski definition) is 1. The molecule has 0 aromatic heterocycles. The predicted molar refractivity (Wildman–Crippen MR) is 65.9 cm³/mol. The molecule has 0 bridgehead atoms. The summed E-state index contributed by atoms with van der Waals surface area (Å²) in [5, 5.41) is 1.25. The molecule has 0 saturated carbocycles. The summed E-state index contributed by atoms with van der Waals surface area (Å²) in [5.41, 5.74) is 0. The van der Waals surface area contributed by atoms with Gasteiger partial charge in [0.2, 0.25) is 0 Å². The molecule has 0 nitrogen and oxygen atoms in total. The van der Waals surface area contributed by atoms with Gasteiger partial charge in [-0.1, -0.05) is 58.0 Å². The fourth-order valence-corrected chi connectivity index (χ4v) is 3.72. The quantitative estimate of drug-likeness (QED) is 0.434. The minimum Gasteiger partial charge on any atom is -0.143 e. The summed E-state index contributed by atoms with van der Waals surface area (Å²) < 4.78 is -1.65. The van der Waals surface area contributed by atoms with Crippen molar-refractivity contribution in [2.24, 2.45) is 0 Å². The smallest absolute Gasteiger partial charge is 0.143 e. The maximum atomic E-state index is 4.20. The van der Waals surface area contributed by atoms with Crippen LogP contribution in [-0.4, -0.2) is 3.93 Å². The summed E-state index contributed by atoms with van der Waals surface area (Å²) in [6.07, 6.45) is 0. The number of thiol groups is 1. The molecule has 0 atom stereocenters. The summed E-state index contributed by atoms with van der Waals surface area (Å²) in [6.45, 7) is 0. The lowest BCUT2D eigenvalue weighted by atomic mass is 10.4. The van der Waals surface area contributed by atoms with Gasteiger partial charge in [0.05, 0.1) is 0 Å². The van der Waals surface area contributed by atoms with Crippen molar-refractivity contribution in [3.05, 3.63) is 24.3 Å². The third kappa shape index (κ3) is 3.22. The van der Waals surface area contributed by atoms with Crippen LogP contribution >= 0.6 is 58.5 Å². The lowest BCUT2D eigenvalue weighted by Crippen LogP contribution is -2.27. The lowest BCUT2D eigenvalue weighted by Gasteiger charge is -2.08. The number of hydrogen-bond acceptors (Lipinski definition) is 1. The van der Waals surface area contributed by atoms with E-state index in [0.717, 1.165) is 4.90 Å². The van der Waals surface area contributed by atoms with Gasteiger partial charge in [0.1, 0.15) is 0 Å². The number of benzene rings is 1. The predicted octanol–water partition coefficient (Wildman–Crippen LogP) is 3.31. The van der Waals surface area contributed by atoms with Crippen molar-refractivity contribution >= 4 is 67.6 Å². The maximum absolute atomic E-state index is 4.20. The molecular formula is C6H5Br3SSi. The van der Waals surface area contributed by atoms with E-state index in [9.17, 15) is 0 Å². The van der Waals surface area contributed by atoms with Crippen molar-refractivity contribution in [1.29, 1.82) is 0 Å². The standard InChI is InChI=1S/C6H5Br3SSi/c7-11(8,9)6-3-1-5(10)2-4-6/h1-4,10H. The van der Waals surface area contributed by atoms with E-state index in [0.29, 0.717) is 0 Å². The fraction of sp³-hybridized carbons (Fsp3) is 0. The van der Waals surface area contributed by atoms with E-state index in [1.165, 1.54) is 5.19 Å². The van der Waals surface area contributed by atoms with Gasteiger partial charge in [-0.2, -0.15) is 0 Å². The van der Waals surface area contributed by atoms with Gasteiger partial charge >= 0.3 is 0 Å². The van der Waals surface area contributed by atoms with Crippen LogP contribution in [-0.2, 0) is 0 Å². The third-order valence-electron chi connectivity index (χ3n) is 1.19. The van der Waals surface area contributed by atoms with Crippen LogP contribution in [0.1, 0.15) is 0 Å². The molecule has 0 aliphatic carbocycles. The van der Waals surface area contributed by atoms with Crippen molar-refractivity contribution in [2.75, 3.05) is 0 Å². The summed E-state index contributed by atoms with van der Waals surface area (Å²) in [5.74, 6) is 0. The SMILES string of the molecule is Sc1ccc([Si](Br)(Br)Br)cc1. The molecule has 0 N–H and O–H groups in total. The second-order valence-corrected chi connectivity index (χ2v) is 24.4. The van der Waals surface area contributed by atoms with Crippen molar-refractivity contribution in [2.45, 2.75) is 4.90 Å². The molecular weight excluding hydrogens is 372 g/mol. The highest BCUT2D eigenvalue weighted by Crippen LogP contribution is 2.26. The zero-order valence-corrected chi connectivity index (χ0v) is 12.0. The largest absolute Gasteiger partial charge is 0.297 e. The van der Waals surface area contributed by atoms with Crippen LogP contribution < -0.4 is 5.19 Å². The molecule has 1 rings (SSSR count). The molecule has 1 aromatic rings. The van der Waals surface area contributed by atoms with Crippen LogP contribution in [0.25, 0.3) is 0 Å². The molecule has 5 heteroatoms. The van der Waals surface area contributed by atoms with E-state index in [4.69, 9.17) is 0 Å². The van der Waals surface area contributed by atoms with Crippen LogP contribution in [0, 0.1) is 0 Å². The molecule has 0 unspecified atom stereocenters. The normalized spacial score (nSPS) is 11.6. The van der Waals surface area contributed by atoms with Gasteiger partial charge in [-0.3, -0.25) is 0 Å². The van der Waals surface area contributed by atoms with Crippen molar-refractivity contribution in [3.8, 4) is 0 Å². The highest BCUT2D eigenvalue weighted by Gasteiger charge is 2.24. The summed E-state index contributed by atoms with van der Waals surface area (Å²) in [6, 6.07) is 8.05. The van der Waals surface area contributed by atoms with Crippen LogP contribution in [0.15, 0.2) is 29.2 Å². The van der Waals surface area contributed by atoms with Gasteiger partial charge in [-0.05, 0) is 17.3 Å². The second kappa shape index (κ2) is 3.96. The topological polar surface area (TPSA) is 0 Å². The minimum atomic E-state index is -1.65. The zero-order chi connectivity index (χ0) is 8.48. The maximum Gasteiger partial charge on any atom is 0.297 e. The molecule has 0 heterocycles. The summed E-state index contributed by atoms with van der Waals surface area (Å²) in [4.78, 5) is 0.986. The molecule has 1 aromatic carbocycles. The van der Waals surface area contributed by atoms with Gasteiger partial charge in [0.15, 0.2) is 0 Å². The molecule has 0 radical (unpaired) electrons. The van der Waals surface area contributed by atoms with E-state index < -0.39 is 3.93 Å². The van der Waals surface area contributed by atoms with Gasteiger partial charge in [0.25, 0.3) is 3.93 Å². The number of rotatable bonds is 1. The van der Waals surface area contributed by atoms with Crippen LogP contribution in [0.3, 0.4) is 0 Å². The van der Waals surface area contributed by atoms with Crippen molar-refractivity contribution in [3.63, 3.8) is 0 Å². The molecule has 0 saturated heterocycles. The Morgan fingerprint density at radius 3 is 1.82 bits per heavy atom. The Balaban J connectivity index is 2.99. The Hall–Kier alpha value is 1.23. The summed E-state index contributed by atoms with van der Waals surface area (Å²) in [7, 11) is 0. The van der Waals surface area contributed by atoms with Gasteiger partial charge in [0, 0.05) is 4.90 Å². The Morgan fingerprint density at radius 2 is 1.45 bits per heavy atom. The fourth-order valence-electron chi connectivity index (χ4n) is 0.650. The highest BCUT2D eigenvalue weighted by atomic mass is 80.0. The van der Waals surface area contributed by atoms with Gasteiger partial charge < -0.3 is 0 Å². The molecule has 0 amide bonds. The van der Waals surface area contributed by atoms with Crippen molar-refractivity contribution in [1.82, 2.24) is 0 Å². The van der Waals surface area contributed by atoms with E-state index in [2.05, 4.69) is 58.5 Å². The van der Waals surface area contributed by atoms with E-state index in [1.807, 2.05) is 24.3 Å². The lowest BCUT2D eigenvalue weighted by molar-refractivity contribution is 1.50. The first-order valence-corrected chi connectivity index (χ1v) is 12.1. The second-order valence-electron chi connectivity index (χ2n) is 2.04. The Bertz CT molecular complexity index is 241.